The molecule has 16 heteroatoms. The van der Waals surface area contributed by atoms with Crippen LogP contribution in [-0.2, 0) is 26.8 Å². The number of nitro groups is 2. The molecule has 0 atom stereocenters. The maximum atomic E-state index is 11.5. The molecule has 0 saturated heterocycles. The van der Waals surface area contributed by atoms with Crippen LogP contribution in [0, 0.1) is 20.2 Å². The summed E-state index contributed by atoms with van der Waals surface area (Å²) in [5, 5.41) is 25.6. The van der Waals surface area contributed by atoms with Crippen LogP contribution in [0.2, 0.25) is 0 Å². The van der Waals surface area contributed by atoms with E-state index in [0.29, 0.717) is 29.9 Å². The van der Waals surface area contributed by atoms with E-state index in [1.807, 2.05) is 11.8 Å². The summed E-state index contributed by atoms with van der Waals surface area (Å²) in [6.45, 7) is 2.62. The van der Waals surface area contributed by atoms with Gasteiger partial charge in [0.1, 0.15) is 4.90 Å². The third-order valence-corrected chi connectivity index (χ3v) is 6.90. The van der Waals surface area contributed by atoms with E-state index in [1.165, 1.54) is 30.3 Å². The molecule has 3 aromatic rings. The molecule has 3 rings (SSSR count). The topological polar surface area (TPSA) is 210 Å². The highest BCUT2D eigenvalue weighted by Gasteiger charge is 2.30. The average Bonchev–Trinajstić information content (AvgIpc) is 2.81. The summed E-state index contributed by atoms with van der Waals surface area (Å²) in [4.78, 5) is 21.6. The highest BCUT2D eigenvalue weighted by molar-refractivity contribution is 7.86. The van der Waals surface area contributed by atoms with Crippen LogP contribution >= 0.6 is 0 Å². The number of anilines is 3. The van der Waals surface area contributed by atoms with Gasteiger partial charge in [0.2, 0.25) is 0 Å². The average molecular weight is 553 g/mol. The van der Waals surface area contributed by atoms with Crippen LogP contribution in [0.1, 0.15) is 12.5 Å². The van der Waals surface area contributed by atoms with Gasteiger partial charge in [-0.3, -0.25) is 29.3 Å². The maximum Gasteiger partial charge on any atom is 0.301 e. The van der Waals surface area contributed by atoms with Crippen molar-refractivity contribution < 1.29 is 35.8 Å². The van der Waals surface area contributed by atoms with Gasteiger partial charge in [0.15, 0.2) is 5.69 Å². The zero-order valence-electron chi connectivity index (χ0n) is 19.0. The normalized spacial score (nSPS) is 11.6. The van der Waals surface area contributed by atoms with Crippen molar-refractivity contribution in [3.8, 4) is 0 Å². The lowest BCUT2D eigenvalue weighted by atomic mass is 10.1. The van der Waals surface area contributed by atoms with E-state index >= 15 is 0 Å². The molecule has 0 bridgehead atoms. The summed E-state index contributed by atoms with van der Waals surface area (Å²) in [5.74, 6) is 0. The third-order valence-electron chi connectivity index (χ3n) is 5.21. The van der Waals surface area contributed by atoms with Gasteiger partial charge in [-0.2, -0.15) is 16.8 Å². The Labute approximate surface area is 211 Å². The Morgan fingerprint density at radius 1 is 0.838 bits per heavy atom. The first kappa shape index (κ1) is 27.5. The summed E-state index contributed by atoms with van der Waals surface area (Å²) < 4.78 is 64.1. The minimum absolute atomic E-state index is 0.207. The van der Waals surface area contributed by atoms with Crippen LogP contribution in [0.15, 0.2) is 70.5 Å². The van der Waals surface area contributed by atoms with Crippen LogP contribution in [0.3, 0.4) is 0 Å². The number of nitrogens with one attached hydrogen (secondary N) is 1. The van der Waals surface area contributed by atoms with Crippen LogP contribution in [0.5, 0.6) is 0 Å². The lowest BCUT2D eigenvalue weighted by Gasteiger charge is -2.24. The van der Waals surface area contributed by atoms with Gasteiger partial charge in [0, 0.05) is 36.6 Å². The van der Waals surface area contributed by atoms with E-state index in [9.17, 15) is 46.2 Å². The number of nitro benzene ring substituents is 2. The first-order valence-electron chi connectivity index (χ1n) is 10.3. The smallest absolute Gasteiger partial charge is 0.301 e. The second-order valence-corrected chi connectivity index (χ2v) is 10.5. The Morgan fingerprint density at radius 2 is 1.38 bits per heavy atom. The summed E-state index contributed by atoms with van der Waals surface area (Å²) in [6, 6.07) is 13.0. The molecule has 37 heavy (non-hydrogen) atoms. The molecular weight excluding hydrogens is 532 g/mol. The molecule has 0 fully saturated rings. The monoisotopic (exact) mass is 552 g/mol. The highest BCUT2D eigenvalue weighted by atomic mass is 32.2. The molecule has 3 N–H and O–H groups in total. The standard InChI is InChI=1S/C21H20N4O10S2/c1-2-23(13-14-4-3-5-17(10-14)36(30,31)32)16-8-6-15(7-9-16)22-21-19(24(26)27)11-18(37(33,34)35)12-20(21)25(28)29/h3-12,22H,2,13H2,1H3,(H,30,31,32)(H,33,34,35). The quantitative estimate of drug-likeness (QED) is 0.186. The Bertz CT molecular complexity index is 1540. The van der Waals surface area contributed by atoms with E-state index in [0.717, 1.165) is 0 Å². The summed E-state index contributed by atoms with van der Waals surface area (Å²) in [6.07, 6.45) is 0. The largest absolute Gasteiger partial charge is 0.367 e. The molecule has 0 spiro atoms. The summed E-state index contributed by atoms with van der Waals surface area (Å²) in [5.41, 5.74) is -0.969. The summed E-state index contributed by atoms with van der Waals surface area (Å²) >= 11 is 0. The van der Waals surface area contributed by atoms with E-state index in [4.69, 9.17) is 0 Å². The molecule has 0 saturated carbocycles. The van der Waals surface area contributed by atoms with E-state index in [2.05, 4.69) is 5.32 Å². The van der Waals surface area contributed by atoms with Gasteiger partial charge in [-0.05, 0) is 48.9 Å². The van der Waals surface area contributed by atoms with Crippen molar-refractivity contribution in [3.05, 3.63) is 86.5 Å². The van der Waals surface area contributed by atoms with Crippen molar-refractivity contribution in [3.63, 3.8) is 0 Å². The summed E-state index contributed by atoms with van der Waals surface area (Å²) in [7, 11) is -9.32. The van der Waals surface area contributed by atoms with Crippen LogP contribution in [0.4, 0.5) is 28.4 Å². The van der Waals surface area contributed by atoms with Gasteiger partial charge in [-0.25, -0.2) is 0 Å². The number of rotatable bonds is 10. The molecule has 3 aromatic carbocycles. The second-order valence-electron chi connectivity index (χ2n) is 7.63. The minimum Gasteiger partial charge on any atom is -0.367 e. The predicted molar refractivity (Wildman–Crippen MR) is 132 cm³/mol. The zero-order valence-corrected chi connectivity index (χ0v) is 20.6. The van der Waals surface area contributed by atoms with E-state index in [-0.39, 0.29) is 17.1 Å². The number of hydrogen-bond acceptors (Lipinski definition) is 10. The van der Waals surface area contributed by atoms with Crippen molar-refractivity contribution >= 4 is 48.7 Å². The molecule has 0 amide bonds. The fourth-order valence-corrected chi connectivity index (χ4v) is 4.53. The lowest BCUT2D eigenvalue weighted by Crippen LogP contribution is -2.22. The molecule has 0 heterocycles. The molecule has 0 aliphatic rings. The van der Waals surface area contributed by atoms with Crippen molar-refractivity contribution in [2.75, 3.05) is 16.8 Å². The molecule has 0 aliphatic carbocycles. The zero-order chi connectivity index (χ0) is 27.5. The van der Waals surface area contributed by atoms with Crippen molar-refractivity contribution in [1.29, 1.82) is 0 Å². The van der Waals surface area contributed by atoms with Gasteiger partial charge in [0.25, 0.3) is 20.2 Å². The molecule has 196 valence electrons. The molecule has 0 radical (unpaired) electrons. The fraction of sp³-hybridized carbons (Fsp3) is 0.143. The van der Waals surface area contributed by atoms with Gasteiger partial charge in [-0.15, -0.1) is 0 Å². The highest BCUT2D eigenvalue weighted by Crippen LogP contribution is 2.39. The molecule has 0 unspecified atom stereocenters. The fourth-order valence-electron chi connectivity index (χ4n) is 3.46. The number of nitrogens with zero attached hydrogens (tertiary/aromatic N) is 3. The van der Waals surface area contributed by atoms with Crippen LogP contribution in [0.25, 0.3) is 0 Å². The Hall–Kier alpha value is -4.12. The van der Waals surface area contributed by atoms with Crippen molar-refractivity contribution in [2.45, 2.75) is 23.3 Å². The molecule has 14 nitrogen and oxygen atoms in total. The Balaban J connectivity index is 1.93. The second kappa shape index (κ2) is 10.5. The first-order chi connectivity index (χ1) is 17.2. The van der Waals surface area contributed by atoms with Crippen LogP contribution < -0.4 is 10.2 Å². The third kappa shape index (κ3) is 6.56. The van der Waals surface area contributed by atoms with Crippen molar-refractivity contribution in [1.82, 2.24) is 0 Å². The van der Waals surface area contributed by atoms with Gasteiger partial charge >= 0.3 is 11.4 Å². The Kier molecular flexibility index (Phi) is 7.77. The predicted octanol–water partition coefficient (Wildman–Crippen LogP) is 3.77. The van der Waals surface area contributed by atoms with E-state index < -0.39 is 52.0 Å². The number of hydrogen-bond donors (Lipinski definition) is 3. The van der Waals surface area contributed by atoms with Crippen LogP contribution in [-0.4, -0.2) is 42.3 Å². The number of benzene rings is 3. The van der Waals surface area contributed by atoms with E-state index in [1.54, 1.807) is 18.2 Å². The molecule has 0 aromatic heterocycles. The Morgan fingerprint density at radius 3 is 1.84 bits per heavy atom. The molecular formula is C21H20N4O10S2. The maximum absolute atomic E-state index is 11.5. The minimum atomic E-state index is -4.95. The van der Waals surface area contributed by atoms with Gasteiger partial charge in [0.05, 0.1) is 14.7 Å². The lowest BCUT2D eigenvalue weighted by molar-refractivity contribution is -0.392. The van der Waals surface area contributed by atoms with Gasteiger partial charge in [-0.1, -0.05) is 12.1 Å². The molecule has 0 aliphatic heterocycles. The SMILES string of the molecule is CCN(Cc1cccc(S(=O)(=O)O)c1)c1ccc(Nc2c([N+](=O)[O-])cc(S(=O)(=O)O)cc2[N+](=O)[O-])cc1. The first-order valence-corrected chi connectivity index (χ1v) is 13.2. The van der Waals surface area contributed by atoms with Crippen molar-refractivity contribution in [2.24, 2.45) is 0 Å². The van der Waals surface area contributed by atoms with Gasteiger partial charge < -0.3 is 10.2 Å².